The number of hydrogen-bond donors (Lipinski definition) is 1. The highest BCUT2D eigenvalue weighted by Crippen LogP contribution is 2.46. The number of nitrogens with one attached hydrogen (secondary N) is 1. The number of halogens is 1. The Hall–Kier alpha value is -1.98. The van der Waals surface area contributed by atoms with Crippen LogP contribution in [0.3, 0.4) is 0 Å². The number of benzene rings is 1. The summed E-state index contributed by atoms with van der Waals surface area (Å²) in [6, 6.07) is 12.1. The zero-order valence-corrected chi connectivity index (χ0v) is 15.7. The molecule has 1 N–H and O–H groups in total. The molecule has 0 amide bonds. The molecule has 1 aliphatic heterocycles. The van der Waals surface area contributed by atoms with Crippen molar-refractivity contribution in [3.05, 3.63) is 64.3 Å². The van der Waals surface area contributed by atoms with Gasteiger partial charge in [-0.1, -0.05) is 23.7 Å². The van der Waals surface area contributed by atoms with Crippen LogP contribution in [0.25, 0.3) is 11.4 Å². The Balaban J connectivity index is 1.92. The molecule has 6 heteroatoms. The smallest absolute Gasteiger partial charge is 0.129 e. The summed E-state index contributed by atoms with van der Waals surface area (Å²) in [5.41, 5.74) is 5.53. The number of anilines is 1. The van der Waals surface area contributed by atoms with Crippen LogP contribution in [0.15, 0.2) is 42.6 Å². The lowest BCUT2D eigenvalue weighted by atomic mass is 9.98. The molecule has 25 heavy (non-hydrogen) atoms. The molecular formula is C19H19ClN4S. The normalized spacial score (nSPS) is 16.8. The average Bonchev–Trinajstić information content (AvgIpc) is 2.79. The van der Waals surface area contributed by atoms with Crippen LogP contribution in [0.1, 0.15) is 21.9 Å². The molecule has 0 saturated heterocycles. The number of pyridine rings is 1. The van der Waals surface area contributed by atoms with Gasteiger partial charge in [0.2, 0.25) is 0 Å². The Labute approximate surface area is 156 Å². The summed E-state index contributed by atoms with van der Waals surface area (Å²) >= 11 is 8.11. The van der Waals surface area contributed by atoms with Crippen LogP contribution in [0.2, 0.25) is 5.02 Å². The third-order valence-corrected chi connectivity index (χ3v) is 5.94. The molecule has 0 radical (unpaired) electrons. The van der Waals surface area contributed by atoms with Gasteiger partial charge >= 0.3 is 0 Å². The fourth-order valence-electron chi connectivity index (χ4n) is 3.30. The maximum atomic E-state index is 6.17. The van der Waals surface area contributed by atoms with E-state index in [1.807, 2.05) is 60.0 Å². The molecule has 1 aromatic carbocycles. The molecule has 1 aliphatic rings. The SMILES string of the molecule is Cc1cc(Cl)ccc1[C@H]1SCCNc2c1c(-c1ccccn1)nn2C. The summed E-state index contributed by atoms with van der Waals surface area (Å²) < 4.78 is 1.93. The van der Waals surface area contributed by atoms with Gasteiger partial charge in [0.1, 0.15) is 11.5 Å². The molecular weight excluding hydrogens is 352 g/mol. The summed E-state index contributed by atoms with van der Waals surface area (Å²) in [5, 5.41) is 9.29. The van der Waals surface area contributed by atoms with Crippen molar-refractivity contribution >= 4 is 29.2 Å². The Morgan fingerprint density at radius 1 is 1.28 bits per heavy atom. The topological polar surface area (TPSA) is 42.7 Å². The second-order valence-corrected chi connectivity index (χ2v) is 7.78. The summed E-state index contributed by atoms with van der Waals surface area (Å²) in [4.78, 5) is 4.53. The van der Waals surface area contributed by atoms with Crippen molar-refractivity contribution in [3.8, 4) is 11.4 Å². The third-order valence-electron chi connectivity index (χ3n) is 4.45. The minimum absolute atomic E-state index is 0.202. The highest BCUT2D eigenvalue weighted by molar-refractivity contribution is 7.99. The maximum Gasteiger partial charge on any atom is 0.129 e. The lowest BCUT2D eigenvalue weighted by Crippen LogP contribution is -2.06. The highest BCUT2D eigenvalue weighted by Gasteiger charge is 2.30. The summed E-state index contributed by atoms with van der Waals surface area (Å²) in [6.45, 7) is 3.04. The number of aryl methyl sites for hydroxylation is 2. The first-order valence-electron chi connectivity index (χ1n) is 8.25. The second-order valence-electron chi connectivity index (χ2n) is 6.13. The van der Waals surface area contributed by atoms with Crippen molar-refractivity contribution in [2.24, 2.45) is 7.05 Å². The first-order chi connectivity index (χ1) is 12.1. The van der Waals surface area contributed by atoms with Gasteiger partial charge in [-0.05, 0) is 42.3 Å². The number of thioether (sulfide) groups is 1. The lowest BCUT2D eigenvalue weighted by molar-refractivity contribution is 0.773. The van der Waals surface area contributed by atoms with E-state index >= 15 is 0 Å². The fraction of sp³-hybridized carbons (Fsp3) is 0.263. The van der Waals surface area contributed by atoms with Crippen molar-refractivity contribution in [3.63, 3.8) is 0 Å². The highest BCUT2D eigenvalue weighted by atomic mass is 35.5. The monoisotopic (exact) mass is 370 g/mol. The van der Waals surface area contributed by atoms with Crippen LogP contribution in [0.5, 0.6) is 0 Å². The molecule has 128 valence electrons. The molecule has 3 aromatic rings. The van der Waals surface area contributed by atoms with E-state index < -0.39 is 0 Å². The van der Waals surface area contributed by atoms with Gasteiger partial charge < -0.3 is 5.32 Å². The van der Waals surface area contributed by atoms with E-state index in [2.05, 4.69) is 23.3 Å². The van der Waals surface area contributed by atoms with E-state index in [1.54, 1.807) is 0 Å². The van der Waals surface area contributed by atoms with Crippen LogP contribution in [0.4, 0.5) is 5.82 Å². The minimum Gasteiger partial charge on any atom is -0.369 e. The number of hydrogen-bond acceptors (Lipinski definition) is 4. The lowest BCUT2D eigenvalue weighted by Gasteiger charge is -2.18. The predicted molar refractivity (Wildman–Crippen MR) is 105 cm³/mol. The fourth-order valence-corrected chi connectivity index (χ4v) is 4.81. The molecule has 0 aliphatic carbocycles. The maximum absolute atomic E-state index is 6.17. The van der Waals surface area contributed by atoms with E-state index in [-0.39, 0.29) is 5.25 Å². The average molecular weight is 371 g/mol. The minimum atomic E-state index is 0.202. The Morgan fingerprint density at radius 3 is 2.92 bits per heavy atom. The molecule has 3 heterocycles. The molecule has 0 spiro atoms. The van der Waals surface area contributed by atoms with Gasteiger partial charge in [0.05, 0.1) is 10.9 Å². The van der Waals surface area contributed by atoms with E-state index in [0.717, 1.165) is 34.5 Å². The van der Waals surface area contributed by atoms with Crippen LogP contribution in [0, 0.1) is 6.92 Å². The first kappa shape index (κ1) is 16.5. The van der Waals surface area contributed by atoms with Crippen molar-refractivity contribution in [2.75, 3.05) is 17.6 Å². The number of rotatable bonds is 2. The van der Waals surface area contributed by atoms with Gasteiger partial charge in [-0.25, -0.2) is 0 Å². The molecule has 4 rings (SSSR count). The third kappa shape index (κ3) is 3.02. The van der Waals surface area contributed by atoms with Crippen molar-refractivity contribution < 1.29 is 0 Å². The Morgan fingerprint density at radius 2 is 2.16 bits per heavy atom. The predicted octanol–water partition coefficient (Wildman–Crippen LogP) is 4.69. The van der Waals surface area contributed by atoms with Crippen LogP contribution in [-0.4, -0.2) is 27.1 Å². The van der Waals surface area contributed by atoms with Crippen molar-refractivity contribution in [1.29, 1.82) is 0 Å². The van der Waals surface area contributed by atoms with E-state index in [9.17, 15) is 0 Å². The molecule has 2 aromatic heterocycles. The largest absolute Gasteiger partial charge is 0.369 e. The molecule has 1 atom stereocenters. The molecule has 0 fully saturated rings. The zero-order chi connectivity index (χ0) is 17.4. The van der Waals surface area contributed by atoms with Gasteiger partial charge in [0, 0.05) is 36.1 Å². The van der Waals surface area contributed by atoms with Gasteiger partial charge in [0.15, 0.2) is 0 Å². The van der Waals surface area contributed by atoms with E-state index in [0.29, 0.717) is 0 Å². The zero-order valence-electron chi connectivity index (χ0n) is 14.2. The van der Waals surface area contributed by atoms with Crippen molar-refractivity contribution in [1.82, 2.24) is 14.8 Å². The second kappa shape index (κ2) is 6.73. The number of fused-ring (bicyclic) bond motifs is 1. The first-order valence-corrected chi connectivity index (χ1v) is 9.67. The molecule has 0 bridgehead atoms. The number of nitrogens with zero attached hydrogens (tertiary/aromatic N) is 3. The van der Waals surface area contributed by atoms with E-state index in [4.69, 9.17) is 16.7 Å². The summed E-state index contributed by atoms with van der Waals surface area (Å²) in [5.74, 6) is 2.10. The van der Waals surface area contributed by atoms with Gasteiger partial charge in [-0.2, -0.15) is 5.10 Å². The Bertz CT molecular complexity index is 907. The van der Waals surface area contributed by atoms with E-state index in [1.165, 1.54) is 16.7 Å². The Kier molecular flexibility index (Phi) is 4.44. The summed E-state index contributed by atoms with van der Waals surface area (Å²) in [6.07, 6.45) is 1.82. The molecule has 4 nitrogen and oxygen atoms in total. The van der Waals surface area contributed by atoms with Gasteiger partial charge in [-0.3, -0.25) is 9.67 Å². The van der Waals surface area contributed by atoms with Crippen molar-refractivity contribution in [2.45, 2.75) is 12.2 Å². The van der Waals surface area contributed by atoms with Crippen LogP contribution < -0.4 is 5.32 Å². The van der Waals surface area contributed by atoms with Gasteiger partial charge in [0.25, 0.3) is 0 Å². The quantitative estimate of drug-likeness (QED) is 0.710. The molecule has 0 unspecified atom stereocenters. The number of aromatic nitrogens is 3. The molecule has 0 saturated carbocycles. The van der Waals surface area contributed by atoms with Gasteiger partial charge in [-0.15, -0.1) is 11.8 Å². The van der Waals surface area contributed by atoms with Crippen LogP contribution in [-0.2, 0) is 7.05 Å². The van der Waals surface area contributed by atoms with Crippen LogP contribution >= 0.6 is 23.4 Å². The summed E-state index contributed by atoms with van der Waals surface area (Å²) in [7, 11) is 1.99. The standard InChI is InChI=1S/C19H19ClN4S/c1-12-11-13(20)6-7-14(12)18-16-17(15-5-3-4-8-21-15)23-24(2)19(16)22-9-10-25-18/h3-8,11,18,22H,9-10H2,1-2H3/t18-/m1/s1.